The average Bonchev–Trinajstić information content (AvgIpc) is 3.11. The molecule has 7 heteroatoms. The lowest BCUT2D eigenvalue weighted by Crippen LogP contribution is -2.31. The number of fused-ring (bicyclic) bond motifs is 2. The fourth-order valence-corrected chi connectivity index (χ4v) is 3.77. The Hall–Kier alpha value is -3.08. The Bertz CT molecular complexity index is 1160. The van der Waals surface area contributed by atoms with Gasteiger partial charge in [-0.3, -0.25) is 9.36 Å². The summed E-state index contributed by atoms with van der Waals surface area (Å²) in [4.78, 5) is 25.7. The molecule has 4 heterocycles. The summed E-state index contributed by atoms with van der Waals surface area (Å²) in [5.41, 5.74) is 2.17. The number of aromatic nitrogens is 4. The Labute approximate surface area is 161 Å². The number of rotatable bonds is 0. The molecule has 1 spiro atoms. The summed E-state index contributed by atoms with van der Waals surface area (Å²) in [5, 5.41) is 0.599. The standard InChI is InChI=1S/C21H18N4O3/c26-20-17-4-3-15(1-2-16-12-22-14-23-13-16)11-18(17)24-19-5-6-21(7-8-25(19)20)27-9-10-28-21/h3-4,11-14H,5-10H2. The summed E-state index contributed by atoms with van der Waals surface area (Å²) < 4.78 is 13.4. The predicted octanol–water partition coefficient (Wildman–Crippen LogP) is 1.67. The van der Waals surface area contributed by atoms with Crippen LogP contribution in [0.2, 0.25) is 0 Å². The van der Waals surface area contributed by atoms with Gasteiger partial charge in [0, 0.05) is 43.8 Å². The Balaban J connectivity index is 1.52. The summed E-state index contributed by atoms with van der Waals surface area (Å²) in [6, 6.07) is 5.50. The normalized spacial score (nSPS) is 17.7. The molecule has 28 heavy (non-hydrogen) atoms. The summed E-state index contributed by atoms with van der Waals surface area (Å²) in [5.74, 6) is 6.32. The monoisotopic (exact) mass is 374 g/mol. The zero-order valence-corrected chi connectivity index (χ0v) is 15.2. The van der Waals surface area contributed by atoms with Crippen molar-refractivity contribution in [3.05, 3.63) is 64.2 Å². The molecule has 3 aromatic rings. The molecule has 0 saturated carbocycles. The number of hydrogen-bond acceptors (Lipinski definition) is 6. The molecule has 0 N–H and O–H groups in total. The zero-order chi connectivity index (χ0) is 19.0. The molecule has 1 fully saturated rings. The third-order valence-corrected chi connectivity index (χ3v) is 5.21. The van der Waals surface area contributed by atoms with Gasteiger partial charge in [-0.15, -0.1) is 0 Å². The molecule has 0 radical (unpaired) electrons. The van der Waals surface area contributed by atoms with Crippen LogP contribution in [0.3, 0.4) is 0 Å². The smallest absolute Gasteiger partial charge is 0.261 e. The first-order chi connectivity index (χ1) is 13.7. The van der Waals surface area contributed by atoms with Crippen LogP contribution < -0.4 is 5.56 Å². The van der Waals surface area contributed by atoms with E-state index in [1.165, 1.54) is 6.33 Å². The topological polar surface area (TPSA) is 79.1 Å². The maximum absolute atomic E-state index is 13.0. The molecule has 140 valence electrons. The van der Waals surface area contributed by atoms with Gasteiger partial charge < -0.3 is 9.47 Å². The highest BCUT2D eigenvalue weighted by Gasteiger charge is 2.38. The van der Waals surface area contributed by atoms with Crippen molar-refractivity contribution >= 4 is 10.9 Å². The van der Waals surface area contributed by atoms with E-state index in [2.05, 4.69) is 21.8 Å². The van der Waals surface area contributed by atoms with E-state index < -0.39 is 5.79 Å². The van der Waals surface area contributed by atoms with E-state index in [0.29, 0.717) is 49.9 Å². The van der Waals surface area contributed by atoms with Gasteiger partial charge >= 0.3 is 0 Å². The molecule has 2 aliphatic rings. The van der Waals surface area contributed by atoms with Crippen molar-refractivity contribution in [2.45, 2.75) is 31.6 Å². The molecule has 2 aliphatic heterocycles. The Morgan fingerprint density at radius 3 is 2.64 bits per heavy atom. The van der Waals surface area contributed by atoms with Crippen LogP contribution in [0.25, 0.3) is 10.9 Å². The van der Waals surface area contributed by atoms with Crippen LogP contribution in [-0.2, 0) is 22.4 Å². The quantitative estimate of drug-likeness (QED) is 0.557. The number of ether oxygens (including phenoxy) is 2. The van der Waals surface area contributed by atoms with Crippen LogP contribution in [0.15, 0.2) is 41.7 Å². The van der Waals surface area contributed by atoms with Gasteiger partial charge in [0.1, 0.15) is 12.2 Å². The summed E-state index contributed by atoms with van der Waals surface area (Å²) in [6.07, 6.45) is 6.80. The summed E-state index contributed by atoms with van der Waals surface area (Å²) in [7, 11) is 0. The van der Waals surface area contributed by atoms with Crippen molar-refractivity contribution in [1.29, 1.82) is 0 Å². The van der Waals surface area contributed by atoms with Crippen molar-refractivity contribution in [1.82, 2.24) is 19.5 Å². The molecule has 0 unspecified atom stereocenters. The number of hydrogen-bond donors (Lipinski definition) is 0. The van der Waals surface area contributed by atoms with E-state index in [1.807, 2.05) is 12.1 Å². The average molecular weight is 374 g/mol. The third-order valence-electron chi connectivity index (χ3n) is 5.21. The molecule has 2 aromatic heterocycles. The Kier molecular flexibility index (Phi) is 4.15. The van der Waals surface area contributed by atoms with Crippen LogP contribution in [0, 0.1) is 11.8 Å². The van der Waals surface area contributed by atoms with Gasteiger partial charge in [0.05, 0.1) is 29.7 Å². The second-order valence-corrected chi connectivity index (χ2v) is 6.95. The first-order valence-electron chi connectivity index (χ1n) is 9.31. The molecular weight excluding hydrogens is 356 g/mol. The lowest BCUT2D eigenvalue weighted by atomic mass is 10.1. The molecule has 1 saturated heterocycles. The molecule has 7 nitrogen and oxygen atoms in total. The van der Waals surface area contributed by atoms with Gasteiger partial charge in [-0.25, -0.2) is 15.0 Å². The second-order valence-electron chi connectivity index (χ2n) is 6.95. The van der Waals surface area contributed by atoms with Crippen molar-refractivity contribution < 1.29 is 9.47 Å². The first kappa shape index (κ1) is 17.0. The van der Waals surface area contributed by atoms with E-state index in [-0.39, 0.29) is 5.56 Å². The minimum Gasteiger partial charge on any atom is -0.347 e. The van der Waals surface area contributed by atoms with Crippen molar-refractivity contribution in [3.8, 4) is 11.8 Å². The minimum absolute atomic E-state index is 0.0222. The van der Waals surface area contributed by atoms with Gasteiger partial charge in [0.2, 0.25) is 0 Å². The number of aryl methyl sites for hydroxylation is 1. The fourth-order valence-electron chi connectivity index (χ4n) is 3.77. The van der Waals surface area contributed by atoms with Crippen LogP contribution in [0.1, 0.15) is 29.8 Å². The van der Waals surface area contributed by atoms with E-state index in [1.54, 1.807) is 23.0 Å². The van der Waals surface area contributed by atoms with Crippen molar-refractivity contribution in [2.24, 2.45) is 0 Å². The van der Waals surface area contributed by atoms with E-state index in [0.717, 1.165) is 17.0 Å². The third kappa shape index (κ3) is 3.07. The lowest BCUT2D eigenvalue weighted by Gasteiger charge is -2.24. The van der Waals surface area contributed by atoms with Crippen LogP contribution in [0.4, 0.5) is 0 Å². The molecule has 0 aliphatic carbocycles. The van der Waals surface area contributed by atoms with Crippen LogP contribution in [-0.4, -0.2) is 38.5 Å². The van der Waals surface area contributed by atoms with Gasteiger partial charge in [0.15, 0.2) is 5.79 Å². The summed E-state index contributed by atoms with van der Waals surface area (Å²) in [6.45, 7) is 1.76. The highest BCUT2D eigenvalue weighted by Crippen LogP contribution is 2.31. The minimum atomic E-state index is -0.569. The van der Waals surface area contributed by atoms with Gasteiger partial charge in [-0.2, -0.15) is 0 Å². The van der Waals surface area contributed by atoms with E-state index in [4.69, 9.17) is 14.5 Å². The predicted molar refractivity (Wildman–Crippen MR) is 102 cm³/mol. The molecular formula is C21H18N4O3. The molecule has 0 atom stereocenters. The van der Waals surface area contributed by atoms with E-state index >= 15 is 0 Å². The zero-order valence-electron chi connectivity index (χ0n) is 15.2. The maximum Gasteiger partial charge on any atom is 0.261 e. The van der Waals surface area contributed by atoms with Gasteiger partial charge in [0.25, 0.3) is 5.56 Å². The second kappa shape index (κ2) is 6.82. The lowest BCUT2D eigenvalue weighted by molar-refractivity contribution is -0.165. The Morgan fingerprint density at radius 1 is 1.04 bits per heavy atom. The van der Waals surface area contributed by atoms with Crippen molar-refractivity contribution in [2.75, 3.05) is 13.2 Å². The van der Waals surface area contributed by atoms with Gasteiger partial charge in [-0.05, 0) is 18.2 Å². The van der Waals surface area contributed by atoms with Gasteiger partial charge in [-0.1, -0.05) is 11.8 Å². The van der Waals surface area contributed by atoms with Crippen LogP contribution in [0.5, 0.6) is 0 Å². The van der Waals surface area contributed by atoms with Crippen LogP contribution >= 0.6 is 0 Å². The number of nitrogens with zero attached hydrogens (tertiary/aromatic N) is 4. The van der Waals surface area contributed by atoms with E-state index in [9.17, 15) is 4.79 Å². The fraction of sp³-hybridized carbons (Fsp3) is 0.333. The highest BCUT2D eigenvalue weighted by atomic mass is 16.7. The molecule has 0 bridgehead atoms. The SMILES string of the molecule is O=c1c2ccc(C#Cc3cncnc3)cc2nc2n1CCC1(CC2)OCCO1. The van der Waals surface area contributed by atoms with Crippen molar-refractivity contribution in [3.63, 3.8) is 0 Å². The maximum atomic E-state index is 13.0. The molecule has 0 amide bonds. The highest BCUT2D eigenvalue weighted by molar-refractivity contribution is 5.79. The first-order valence-corrected chi connectivity index (χ1v) is 9.31. The molecule has 1 aromatic carbocycles. The Morgan fingerprint density at radius 2 is 1.82 bits per heavy atom. The molecule has 5 rings (SSSR count). The number of benzene rings is 1. The largest absolute Gasteiger partial charge is 0.347 e. The summed E-state index contributed by atoms with van der Waals surface area (Å²) >= 11 is 0.